The molecule has 0 unspecified atom stereocenters. The van der Waals surface area contributed by atoms with Crippen molar-refractivity contribution in [2.75, 3.05) is 13.6 Å². The van der Waals surface area contributed by atoms with E-state index in [1.165, 1.54) is 17.7 Å². The van der Waals surface area contributed by atoms with E-state index < -0.39 is 6.43 Å². The van der Waals surface area contributed by atoms with E-state index in [2.05, 4.69) is 10.5 Å². The van der Waals surface area contributed by atoms with E-state index in [9.17, 15) is 8.78 Å². The number of nitrogens with one attached hydrogen (secondary N) is 1. The SMILES string of the molecule is CN(Cc1cc(CNC2CC2)no1)CC(F)F. The Labute approximate surface area is 99.0 Å². The highest BCUT2D eigenvalue weighted by Gasteiger charge is 2.20. The third kappa shape index (κ3) is 4.40. The zero-order valence-electron chi connectivity index (χ0n) is 9.83. The minimum Gasteiger partial charge on any atom is -0.360 e. The number of nitrogens with zero attached hydrogens (tertiary/aromatic N) is 2. The first-order chi connectivity index (χ1) is 8.13. The van der Waals surface area contributed by atoms with Crippen LogP contribution in [0.3, 0.4) is 0 Å². The van der Waals surface area contributed by atoms with Gasteiger partial charge in [0.15, 0.2) is 5.76 Å². The molecule has 1 aliphatic carbocycles. The fourth-order valence-corrected chi connectivity index (χ4v) is 1.62. The summed E-state index contributed by atoms with van der Waals surface area (Å²) in [6.45, 7) is 0.795. The van der Waals surface area contributed by atoms with Gasteiger partial charge in [0.05, 0.1) is 18.8 Å². The molecule has 1 aromatic rings. The predicted molar refractivity (Wildman–Crippen MR) is 58.7 cm³/mol. The van der Waals surface area contributed by atoms with Gasteiger partial charge in [0, 0.05) is 18.7 Å². The molecule has 0 radical (unpaired) electrons. The van der Waals surface area contributed by atoms with Crippen molar-refractivity contribution >= 4 is 0 Å². The first-order valence-electron chi connectivity index (χ1n) is 5.78. The number of rotatable bonds is 7. The molecule has 2 rings (SSSR count). The topological polar surface area (TPSA) is 41.3 Å². The van der Waals surface area contributed by atoms with Crippen molar-refractivity contribution in [2.45, 2.75) is 38.4 Å². The molecule has 1 N–H and O–H groups in total. The van der Waals surface area contributed by atoms with Gasteiger partial charge >= 0.3 is 0 Å². The van der Waals surface area contributed by atoms with Crippen molar-refractivity contribution in [1.82, 2.24) is 15.4 Å². The summed E-state index contributed by atoms with van der Waals surface area (Å²) in [4.78, 5) is 1.52. The maximum Gasteiger partial charge on any atom is 0.251 e. The molecule has 0 amide bonds. The van der Waals surface area contributed by atoms with Crippen LogP contribution in [0.25, 0.3) is 0 Å². The lowest BCUT2D eigenvalue weighted by molar-refractivity contribution is 0.0935. The second-order valence-electron chi connectivity index (χ2n) is 4.53. The Kier molecular flexibility index (Phi) is 4.06. The van der Waals surface area contributed by atoms with Crippen LogP contribution in [0.2, 0.25) is 0 Å². The molecule has 96 valence electrons. The van der Waals surface area contributed by atoms with Crippen LogP contribution in [0, 0.1) is 0 Å². The van der Waals surface area contributed by atoms with Crippen molar-refractivity contribution in [1.29, 1.82) is 0 Å². The minimum absolute atomic E-state index is 0.254. The fraction of sp³-hybridized carbons (Fsp3) is 0.727. The zero-order valence-corrected chi connectivity index (χ0v) is 9.83. The van der Waals surface area contributed by atoms with Gasteiger partial charge in [-0.2, -0.15) is 0 Å². The Morgan fingerprint density at radius 1 is 1.59 bits per heavy atom. The summed E-state index contributed by atoms with van der Waals surface area (Å²) in [5.74, 6) is 0.626. The van der Waals surface area contributed by atoms with Gasteiger partial charge in [0.25, 0.3) is 6.43 Å². The van der Waals surface area contributed by atoms with E-state index in [1.807, 2.05) is 6.07 Å². The number of halogens is 2. The highest BCUT2D eigenvalue weighted by Crippen LogP contribution is 2.19. The molecule has 0 bridgehead atoms. The number of hydrogen-bond acceptors (Lipinski definition) is 4. The summed E-state index contributed by atoms with van der Waals surface area (Å²) in [5.41, 5.74) is 0.831. The molecule has 0 aliphatic heterocycles. The lowest BCUT2D eigenvalue weighted by Gasteiger charge is -2.12. The average molecular weight is 245 g/mol. The van der Waals surface area contributed by atoms with Crippen LogP contribution < -0.4 is 5.32 Å². The molecule has 1 aromatic heterocycles. The molecule has 0 atom stereocenters. The molecule has 1 fully saturated rings. The Bertz CT molecular complexity index is 352. The van der Waals surface area contributed by atoms with Crippen LogP contribution in [0.4, 0.5) is 8.78 Å². The molecular formula is C11H17F2N3O. The van der Waals surface area contributed by atoms with Crippen LogP contribution in [0.1, 0.15) is 24.3 Å². The number of hydrogen-bond donors (Lipinski definition) is 1. The van der Waals surface area contributed by atoms with Gasteiger partial charge in [0.1, 0.15) is 0 Å². The lowest BCUT2D eigenvalue weighted by Crippen LogP contribution is -2.23. The summed E-state index contributed by atoms with van der Waals surface area (Å²) >= 11 is 0. The predicted octanol–water partition coefficient (Wildman–Crippen LogP) is 1.62. The number of alkyl halides is 2. The van der Waals surface area contributed by atoms with E-state index in [0.717, 1.165) is 5.69 Å². The summed E-state index contributed by atoms with van der Waals surface area (Å²) in [7, 11) is 1.64. The molecule has 4 nitrogen and oxygen atoms in total. The summed E-state index contributed by atoms with van der Waals surface area (Å²) in [6.07, 6.45) is 0.128. The van der Waals surface area contributed by atoms with Crippen molar-refractivity contribution in [3.63, 3.8) is 0 Å². The van der Waals surface area contributed by atoms with Gasteiger partial charge in [-0.1, -0.05) is 5.16 Å². The fourth-order valence-electron chi connectivity index (χ4n) is 1.62. The normalized spacial score (nSPS) is 16.1. The standard InChI is InChI=1S/C11H17F2N3O/c1-16(7-11(12)13)6-10-4-9(15-17-10)5-14-8-2-3-8/h4,8,11,14H,2-3,5-7H2,1H3. The second kappa shape index (κ2) is 5.55. The molecule has 1 heterocycles. The summed E-state index contributed by atoms with van der Waals surface area (Å²) < 4.78 is 29.3. The molecule has 0 saturated heterocycles. The monoisotopic (exact) mass is 245 g/mol. The molecule has 0 aromatic carbocycles. The molecule has 0 spiro atoms. The van der Waals surface area contributed by atoms with Crippen molar-refractivity contribution < 1.29 is 13.3 Å². The maximum absolute atomic E-state index is 12.1. The van der Waals surface area contributed by atoms with Crippen LogP contribution in [-0.2, 0) is 13.1 Å². The molecule has 1 saturated carbocycles. The van der Waals surface area contributed by atoms with Gasteiger partial charge in [-0.3, -0.25) is 4.90 Å². The lowest BCUT2D eigenvalue weighted by atomic mass is 10.3. The van der Waals surface area contributed by atoms with Crippen molar-refractivity contribution in [3.05, 3.63) is 17.5 Å². The highest BCUT2D eigenvalue weighted by atomic mass is 19.3. The number of aromatic nitrogens is 1. The first kappa shape index (κ1) is 12.4. The van der Waals surface area contributed by atoms with Crippen LogP contribution in [0.15, 0.2) is 10.6 Å². The third-order valence-electron chi connectivity index (χ3n) is 2.63. The van der Waals surface area contributed by atoms with Crippen LogP contribution >= 0.6 is 0 Å². The largest absolute Gasteiger partial charge is 0.360 e. The molecule has 6 heteroatoms. The summed E-state index contributed by atoms with van der Waals surface area (Å²) in [5, 5.41) is 7.21. The van der Waals surface area contributed by atoms with Gasteiger partial charge < -0.3 is 9.84 Å². The third-order valence-corrected chi connectivity index (χ3v) is 2.63. The van der Waals surface area contributed by atoms with Crippen molar-refractivity contribution in [3.8, 4) is 0 Å². The van der Waals surface area contributed by atoms with E-state index in [4.69, 9.17) is 4.52 Å². The quantitative estimate of drug-likeness (QED) is 0.792. The Morgan fingerprint density at radius 3 is 3.00 bits per heavy atom. The van der Waals surface area contributed by atoms with E-state index in [0.29, 0.717) is 24.9 Å². The van der Waals surface area contributed by atoms with Crippen LogP contribution in [-0.4, -0.2) is 36.1 Å². The minimum atomic E-state index is -2.32. The molecular weight excluding hydrogens is 228 g/mol. The zero-order chi connectivity index (χ0) is 12.3. The summed E-state index contributed by atoms with van der Waals surface area (Å²) in [6, 6.07) is 2.44. The molecule has 1 aliphatic rings. The average Bonchev–Trinajstić information content (AvgIpc) is 2.96. The van der Waals surface area contributed by atoms with Gasteiger partial charge in [-0.15, -0.1) is 0 Å². The van der Waals surface area contributed by atoms with Crippen molar-refractivity contribution in [2.24, 2.45) is 0 Å². The Hall–Kier alpha value is -1.01. The highest BCUT2D eigenvalue weighted by molar-refractivity contribution is 5.05. The van der Waals surface area contributed by atoms with Gasteiger partial charge in [-0.25, -0.2) is 8.78 Å². The van der Waals surface area contributed by atoms with E-state index in [1.54, 1.807) is 7.05 Å². The van der Waals surface area contributed by atoms with Gasteiger partial charge in [0.2, 0.25) is 0 Å². The first-order valence-corrected chi connectivity index (χ1v) is 5.78. The molecule has 17 heavy (non-hydrogen) atoms. The van der Waals surface area contributed by atoms with E-state index in [-0.39, 0.29) is 6.54 Å². The smallest absolute Gasteiger partial charge is 0.251 e. The Balaban J connectivity index is 1.76. The maximum atomic E-state index is 12.1. The Morgan fingerprint density at radius 2 is 2.35 bits per heavy atom. The van der Waals surface area contributed by atoms with E-state index >= 15 is 0 Å². The van der Waals surface area contributed by atoms with Crippen LogP contribution in [0.5, 0.6) is 0 Å². The second-order valence-corrected chi connectivity index (χ2v) is 4.53. The van der Waals surface area contributed by atoms with Gasteiger partial charge in [-0.05, 0) is 19.9 Å².